The van der Waals surface area contributed by atoms with Gasteiger partial charge in [0, 0.05) is 31.4 Å². The molecular formula is C24H32N4O3. The average Bonchev–Trinajstić information content (AvgIpc) is 2.76. The highest BCUT2D eigenvalue weighted by molar-refractivity contribution is 5.93. The minimum atomic E-state index is -0.415. The van der Waals surface area contributed by atoms with E-state index in [2.05, 4.69) is 10.6 Å². The summed E-state index contributed by atoms with van der Waals surface area (Å²) in [6.07, 6.45) is 0. The van der Waals surface area contributed by atoms with Crippen LogP contribution in [0.5, 0.6) is 0 Å². The maximum atomic E-state index is 13.1. The van der Waals surface area contributed by atoms with E-state index >= 15 is 0 Å². The first kappa shape index (κ1) is 24.1. The number of carbonyl (C=O) groups is 3. The number of likely N-dealkylation sites (N-methyl/N-ethyl adjacent to an activating group) is 2. The van der Waals surface area contributed by atoms with Crippen molar-refractivity contribution in [2.45, 2.75) is 40.3 Å². The molecule has 1 atom stereocenters. The second-order valence-electron chi connectivity index (χ2n) is 7.38. The second-order valence-corrected chi connectivity index (χ2v) is 7.38. The molecule has 0 spiro atoms. The van der Waals surface area contributed by atoms with Gasteiger partial charge in [-0.05, 0) is 50.2 Å². The summed E-state index contributed by atoms with van der Waals surface area (Å²) < 4.78 is 0. The van der Waals surface area contributed by atoms with Crippen molar-refractivity contribution in [1.29, 1.82) is 0 Å². The number of benzene rings is 2. The Morgan fingerprint density at radius 2 is 1.45 bits per heavy atom. The summed E-state index contributed by atoms with van der Waals surface area (Å²) in [5.41, 5.74) is 2.37. The number of amides is 3. The molecule has 0 heterocycles. The van der Waals surface area contributed by atoms with Crippen molar-refractivity contribution in [3.63, 3.8) is 0 Å². The van der Waals surface area contributed by atoms with Crippen LogP contribution >= 0.6 is 0 Å². The molecule has 0 bridgehead atoms. The number of nitrogens with one attached hydrogen (secondary N) is 2. The third-order valence-electron chi connectivity index (χ3n) is 5.06. The van der Waals surface area contributed by atoms with Crippen LogP contribution in [0.25, 0.3) is 0 Å². The third kappa shape index (κ3) is 7.53. The Morgan fingerprint density at radius 3 is 1.97 bits per heavy atom. The normalized spacial score (nSPS) is 11.6. The molecule has 31 heavy (non-hydrogen) atoms. The van der Waals surface area contributed by atoms with Crippen LogP contribution in [-0.2, 0) is 20.9 Å². The molecule has 2 rings (SSSR count). The third-order valence-corrected chi connectivity index (χ3v) is 5.06. The average molecular weight is 425 g/mol. The van der Waals surface area contributed by atoms with Crippen molar-refractivity contribution in [1.82, 2.24) is 9.80 Å². The molecule has 0 aliphatic heterocycles. The van der Waals surface area contributed by atoms with E-state index in [0.29, 0.717) is 31.0 Å². The van der Waals surface area contributed by atoms with Gasteiger partial charge in [0.1, 0.15) is 0 Å². The predicted octanol–water partition coefficient (Wildman–Crippen LogP) is 3.34. The molecule has 166 valence electrons. The molecular weight excluding hydrogens is 392 g/mol. The lowest BCUT2D eigenvalue weighted by atomic mass is 10.1. The molecule has 0 aliphatic rings. The van der Waals surface area contributed by atoms with Crippen molar-refractivity contribution in [2.24, 2.45) is 0 Å². The number of rotatable bonds is 10. The Labute approximate surface area is 184 Å². The molecule has 2 aromatic carbocycles. The Balaban J connectivity index is 1.95. The van der Waals surface area contributed by atoms with Crippen molar-refractivity contribution in [2.75, 3.05) is 30.3 Å². The fourth-order valence-corrected chi connectivity index (χ4v) is 3.32. The van der Waals surface area contributed by atoms with Gasteiger partial charge in [-0.25, -0.2) is 0 Å². The van der Waals surface area contributed by atoms with Crippen LogP contribution in [0.4, 0.5) is 11.4 Å². The smallest absolute Gasteiger partial charge is 0.239 e. The minimum absolute atomic E-state index is 0.000614. The zero-order valence-corrected chi connectivity index (χ0v) is 18.7. The highest BCUT2D eigenvalue weighted by atomic mass is 16.2. The van der Waals surface area contributed by atoms with Gasteiger partial charge in [0.05, 0.1) is 12.6 Å². The lowest BCUT2D eigenvalue weighted by Gasteiger charge is -2.31. The second kappa shape index (κ2) is 11.9. The van der Waals surface area contributed by atoms with Crippen LogP contribution in [0.3, 0.4) is 0 Å². The van der Waals surface area contributed by atoms with Crippen LogP contribution in [0.1, 0.15) is 33.3 Å². The van der Waals surface area contributed by atoms with Crippen LogP contribution in [0.2, 0.25) is 0 Å². The standard InChI is InChI=1S/C24H32N4O3/c1-5-27(17-23(30)26-22-14-12-21(13-15-22)25-19(4)29)18(3)24(31)28(6-2)16-20-10-8-7-9-11-20/h7-15,18H,5-6,16-17H2,1-4H3,(H,25,29)(H,26,30)/t18-/m1/s1. The van der Waals surface area contributed by atoms with E-state index in [9.17, 15) is 14.4 Å². The van der Waals surface area contributed by atoms with Crippen LogP contribution in [-0.4, -0.2) is 53.2 Å². The molecule has 0 unspecified atom stereocenters. The summed E-state index contributed by atoms with van der Waals surface area (Å²) in [5.74, 6) is -0.344. The van der Waals surface area contributed by atoms with E-state index in [1.807, 2.05) is 56.0 Å². The molecule has 0 saturated heterocycles. The SMILES string of the molecule is CCN(Cc1ccccc1)C(=O)[C@@H](C)N(CC)CC(=O)Nc1ccc(NC(C)=O)cc1. The van der Waals surface area contributed by atoms with Gasteiger partial charge >= 0.3 is 0 Å². The number of nitrogens with zero attached hydrogens (tertiary/aromatic N) is 2. The molecule has 7 nitrogen and oxygen atoms in total. The van der Waals surface area contributed by atoms with Gasteiger partial charge < -0.3 is 15.5 Å². The summed E-state index contributed by atoms with van der Waals surface area (Å²) in [6.45, 7) is 9.01. The first-order valence-corrected chi connectivity index (χ1v) is 10.6. The molecule has 0 saturated carbocycles. The minimum Gasteiger partial charge on any atom is -0.337 e. The zero-order chi connectivity index (χ0) is 22.8. The Kier molecular flexibility index (Phi) is 9.21. The molecule has 2 N–H and O–H groups in total. The van der Waals surface area contributed by atoms with E-state index in [1.165, 1.54) is 6.92 Å². The van der Waals surface area contributed by atoms with Gasteiger partial charge in [-0.3, -0.25) is 19.3 Å². The van der Waals surface area contributed by atoms with Crippen LogP contribution in [0, 0.1) is 0 Å². The van der Waals surface area contributed by atoms with E-state index in [1.54, 1.807) is 29.2 Å². The zero-order valence-electron chi connectivity index (χ0n) is 18.7. The van der Waals surface area contributed by atoms with Gasteiger partial charge in [-0.1, -0.05) is 37.3 Å². The largest absolute Gasteiger partial charge is 0.337 e. The van der Waals surface area contributed by atoms with Crippen LogP contribution < -0.4 is 10.6 Å². The molecule has 0 radical (unpaired) electrons. The topological polar surface area (TPSA) is 81.8 Å². The van der Waals surface area contributed by atoms with E-state index < -0.39 is 6.04 Å². The number of hydrogen-bond acceptors (Lipinski definition) is 4. The summed E-state index contributed by atoms with van der Waals surface area (Å²) in [5, 5.41) is 5.53. The Hall–Kier alpha value is -3.19. The first-order valence-electron chi connectivity index (χ1n) is 10.6. The van der Waals surface area contributed by atoms with E-state index in [4.69, 9.17) is 0 Å². The van der Waals surface area contributed by atoms with Crippen molar-refractivity contribution in [3.05, 3.63) is 60.2 Å². The summed E-state index contributed by atoms with van der Waals surface area (Å²) in [4.78, 5) is 40.4. The van der Waals surface area contributed by atoms with Gasteiger partial charge in [0.25, 0.3) is 0 Å². The van der Waals surface area contributed by atoms with Crippen LogP contribution in [0.15, 0.2) is 54.6 Å². The maximum Gasteiger partial charge on any atom is 0.239 e. The summed E-state index contributed by atoms with van der Waals surface area (Å²) in [7, 11) is 0. The number of anilines is 2. The highest BCUT2D eigenvalue weighted by Gasteiger charge is 2.26. The maximum absolute atomic E-state index is 13.1. The lowest BCUT2D eigenvalue weighted by Crippen LogP contribution is -2.49. The Morgan fingerprint density at radius 1 is 0.871 bits per heavy atom. The van der Waals surface area contributed by atoms with Gasteiger partial charge in [-0.2, -0.15) is 0 Å². The molecule has 0 fully saturated rings. The van der Waals surface area contributed by atoms with Crippen molar-refractivity contribution in [3.8, 4) is 0 Å². The van der Waals surface area contributed by atoms with E-state index in [0.717, 1.165) is 5.56 Å². The lowest BCUT2D eigenvalue weighted by molar-refractivity contribution is -0.137. The monoisotopic (exact) mass is 424 g/mol. The summed E-state index contributed by atoms with van der Waals surface area (Å²) >= 11 is 0. The number of carbonyl (C=O) groups excluding carboxylic acids is 3. The first-order chi connectivity index (χ1) is 14.8. The predicted molar refractivity (Wildman–Crippen MR) is 124 cm³/mol. The fraction of sp³-hybridized carbons (Fsp3) is 0.375. The molecule has 0 aliphatic carbocycles. The fourth-order valence-electron chi connectivity index (χ4n) is 3.32. The van der Waals surface area contributed by atoms with Gasteiger partial charge in [0.2, 0.25) is 17.7 Å². The summed E-state index contributed by atoms with van der Waals surface area (Å²) in [6, 6.07) is 16.4. The molecule has 2 aromatic rings. The molecule has 3 amide bonds. The Bertz CT molecular complexity index is 868. The highest BCUT2D eigenvalue weighted by Crippen LogP contribution is 2.14. The number of hydrogen-bond donors (Lipinski definition) is 2. The molecule has 7 heteroatoms. The van der Waals surface area contributed by atoms with E-state index in [-0.39, 0.29) is 24.3 Å². The van der Waals surface area contributed by atoms with Gasteiger partial charge in [-0.15, -0.1) is 0 Å². The van der Waals surface area contributed by atoms with Gasteiger partial charge in [0.15, 0.2) is 0 Å². The molecule has 0 aromatic heterocycles. The van der Waals surface area contributed by atoms with Crippen molar-refractivity contribution >= 4 is 29.1 Å². The quantitative estimate of drug-likeness (QED) is 0.613. The van der Waals surface area contributed by atoms with Crippen molar-refractivity contribution < 1.29 is 14.4 Å².